The lowest BCUT2D eigenvalue weighted by Gasteiger charge is -2.12. The molecule has 1 unspecified atom stereocenters. The first-order valence-electron chi connectivity index (χ1n) is 6.81. The summed E-state index contributed by atoms with van der Waals surface area (Å²) in [6, 6.07) is 2.01. The third-order valence-corrected chi connectivity index (χ3v) is 4.35. The first-order chi connectivity index (χ1) is 10.1. The summed E-state index contributed by atoms with van der Waals surface area (Å²) in [6.07, 6.45) is 2.67. The molecule has 110 valence electrons. The van der Waals surface area contributed by atoms with E-state index < -0.39 is 0 Å². The van der Waals surface area contributed by atoms with Crippen molar-refractivity contribution in [3.05, 3.63) is 28.8 Å². The zero-order valence-corrected chi connectivity index (χ0v) is 13.0. The summed E-state index contributed by atoms with van der Waals surface area (Å²) < 4.78 is 5.54. The lowest BCUT2D eigenvalue weighted by molar-refractivity contribution is 0.453. The van der Waals surface area contributed by atoms with Crippen LogP contribution in [0.1, 0.15) is 36.4 Å². The number of hydrogen-bond donors (Lipinski definition) is 2. The van der Waals surface area contributed by atoms with Gasteiger partial charge in [-0.05, 0) is 26.3 Å². The van der Waals surface area contributed by atoms with Gasteiger partial charge in [0.05, 0.1) is 11.6 Å². The number of nitrogens with zero attached hydrogens (tertiary/aromatic N) is 3. The highest BCUT2D eigenvalue weighted by molar-refractivity contribution is 7.18. The topological polar surface area (TPSA) is 89.9 Å². The summed E-state index contributed by atoms with van der Waals surface area (Å²) in [6.45, 7) is 5.96. The zero-order chi connectivity index (χ0) is 15.0. The van der Waals surface area contributed by atoms with Gasteiger partial charge >= 0.3 is 0 Å². The first-order valence-corrected chi connectivity index (χ1v) is 7.63. The lowest BCUT2D eigenvalue weighted by Crippen LogP contribution is -2.09. The average molecular weight is 303 g/mol. The molecule has 0 saturated carbocycles. The van der Waals surface area contributed by atoms with Crippen molar-refractivity contribution in [1.82, 2.24) is 15.0 Å². The van der Waals surface area contributed by atoms with Crippen molar-refractivity contribution in [3.8, 4) is 0 Å². The van der Waals surface area contributed by atoms with Gasteiger partial charge in [-0.3, -0.25) is 0 Å². The van der Waals surface area contributed by atoms with Gasteiger partial charge in [-0.15, -0.1) is 11.3 Å². The Morgan fingerprint density at radius 1 is 1.43 bits per heavy atom. The zero-order valence-electron chi connectivity index (χ0n) is 12.2. The van der Waals surface area contributed by atoms with Crippen LogP contribution in [0.15, 0.2) is 16.7 Å². The van der Waals surface area contributed by atoms with E-state index in [9.17, 15) is 0 Å². The van der Waals surface area contributed by atoms with E-state index in [2.05, 4.69) is 33.3 Å². The molecular formula is C14H17N5OS. The molecule has 0 spiro atoms. The predicted octanol–water partition coefficient (Wildman–Crippen LogP) is 3.31. The van der Waals surface area contributed by atoms with E-state index in [0.29, 0.717) is 5.89 Å². The number of hydrogen-bond acceptors (Lipinski definition) is 7. The van der Waals surface area contributed by atoms with Crippen molar-refractivity contribution in [2.45, 2.75) is 33.2 Å². The Hall–Kier alpha value is -2.15. The van der Waals surface area contributed by atoms with Gasteiger partial charge in [-0.2, -0.15) is 4.98 Å². The molecular weight excluding hydrogens is 286 g/mol. The van der Waals surface area contributed by atoms with Crippen LogP contribution in [-0.2, 0) is 6.42 Å². The SMILES string of the molecule is CCc1cc2c(NC(C)c3ncc(C)o3)nc(N)nc2s1. The average Bonchev–Trinajstić information content (AvgIpc) is 3.04. The molecule has 0 fully saturated rings. The molecule has 3 rings (SSSR count). The fourth-order valence-corrected chi connectivity index (χ4v) is 3.09. The Kier molecular flexibility index (Phi) is 3.50. The molecule has 0 aliphatic rings. The van der Waals surface area contributed by atoms with Crippen LogP contribution in [0.4, 0.5) is 11.8 Å². The molecule has 7 heteroatoms. The van der Waals surface area contributed by atoms with Gasteiger partial charge in [0.25, 0.3) is 0 Å². The van der Waals surface area contributed by atoms with E-state index in [-0.39, 0.29) is 12.0 Å². The fourth-order valence-electron chi connectivity index (χ4n) is 2.11. The van der Waals surface area contributed by atoms with E-state index in [1.807, 2.05) is 13.8 Å². The number of oxazole rings is 1. The summed E-state index contributed by atoms with van der Waals surface area (Å²) in [4.78, 5) is 15.0. The summed E-state index contributed by atoms with van der Waals surface area (Å²) in [5.41, 5.74) is 5.80. The summed E-state index contributed by atoms with van der Waals surface area (Å²) in [7, 11) is 0. The molecule has 0 amide bonds. The minimum atomic E-state index is -0.0961. The molecule has 3 N–H and O–H groups in total. The van der Waals surface area contributed by atoms with Crippen LogP contribution in [0.5, 0.6) is 0 Å². The third-order valence-electron chi connectivity index (χ3n) is 3.17. The number of thiophene rings is 1. The third kappa shape index (κ3) is 2.69. The molecule has 0 aliphatic carbocycles. The van der Waals surface area contributed by atoms with Gasteiger partial charge in [0.1, 0.15) is 22.5 Å². The quantitative estimate of drug-likeness (QED) is 0.768. The predicted molar refractivity (Wildman–Crippen MR) is 84.5 cm³/mol. The standard InChI is InChI=1S/C14H17N5OS/c1-4-9-5-10-11(18-14(15)19-13(10)21-9)17-8(3)12-16-6-7(2)20-12/h5-6,8H,4H2,1-3H3,(H3,15,17,18,19). The highest BCUT2D eigenvalue weighted by Crippen LogP contribution is 2.31. The van der Waals surface area contributed by atoms with Crippen molar-refractivity contribution in [3.63, 3.8) is 0 Å². The summed E-state index contributed by atoms with van der Waals surface area (Å²) >= 11 is 1.64. The van der Waals surface area contributed by atoms with Crippen molar-refractivity contribution >= 4 is 33.3 Å². The number of anilines is 2. The van der Waals surface area contributed by atoms with Gasteiger partial charge in [-0.1, -0.05) is 6.92 Å². The number of nitrogens with two attached hydrogens (primary N) is 1. The number of nitrogens with one attached hydrogen (secondary N) is 1. The second kappa shape index (κ2) is 5.33. The van der Waals surface area contributed by atoms with Gasteiger partial charge < -0.3 is 15.5 Å². The van der Waals surface area contributed by atoms with Crippen molar-refractivity contribution in [2.24, 2.45) is 0 Å². The Morgan fingerprint density at radius 3 is 2.90 bits per heavy atom. The van der Waals surface area contributed by atoms with Crippen LogP contribution in [0.25, 0.3) is 10.2 Å². The van der Waals surface area contributed by atoms with Crippen molar-refractivity contribution < 1.29 is 4.42 Å². The van der Waals surface area contributed by atoms with Gasteiger partial charge in [0.15, 0.2) is 0 Å². The van der Waals surface area contributed by atoms with Crippen LogP contribution < -0.4 is 11.1 Å². The highest BCUT2D eigenvalue weighted by Gasteiger charge is 2.16. The normalized spacial score (nSPS) is 12.7. The number of aryl methyl sites for hydroxylation is 2. The molecule has 0 aliphatic heterocycles. The molecule has 1 atom stereocenters. The van der Waals surface area contributed by atoms with E-state index in [4.69, 9.17) is 10.2 Å². The number of rotatable bonds is 4. The Bertz CT molecular complexity index is 779. The van der Waals surface area contributed by atoms with Crippen LogP contribution in [0.3, 0.4) is 0 Å². The smallest absolute Gasteiger partial charge is 0.223 e. The van der Waals surface area contributed by atoms with Gasteiger partial charge in [-0.25, -0.2) is 9.97 Å². The van der Waals surface area contributed by atoms with E-state index in [1.165, 1.54) is 4.88 Å². The van der Waals surface area contributed by atoms with Gasteiger partial charge in [0.2, 0.25) is 11.8 Å². The maximum Gasteiger partial charge on any atom is 0.223 e. The van der Waals surface area contributed by atoms with E-state index in [1.54, 1.807) is 17.5 Å². The van der Waals surface area contributed by atoms with Gasteiger partial charge in [0, 0.05) is 4.88 Å². The fraction of sp³-hybridized carbons (Fsp3) is 0.357. The Balaban J connectivity index is 1.97. The highest BCUT2D eigenvalue weighted by atomic mass is 32.1. The number of nitrogen functional groups attached to an aromatic ring is 1. The number of fused-ring (bicyclic) bond motifs is 1. The van der Waals surface area contributed by atoms with Crippen LogP contribution in [0.2, 0.25) is 0 Å². The van der Waals surface area contributed by atoms with Crippen molar-refractivity contribution in [1.29, 1.82) is 0 Å². The molecule has 0 radical (unpaired) electrons. The van der Waals surface area contributed by atoms with E-state index in [0.717, 1.165) is 28.2 Å². The molecule has 3 heterocycles. The molecule has 0 bridgehead atoms. The molecule has 3 aromatic rings. The molecule has 0 saturated heterocycles. The Morgan fingerprint density at radius 2 is 2.24 bits per heavy atom. The van der Waals surface area contributed by atoms with Crippen LogP contribution in [-0.4, -0.2) is 15.0 Å². The minimum absolute atomic E-state index is 0.0961. The molecule has 21 heavy (non-hydrogen) atoms. The second-order valence-corrected chi connectivity index (χ2v) is 6.01. The van der Waals surface area contributed by atoms with Crippen LogP contribution >= 0.6 is 11.3 Å². The summed E-state index contributed by atoms with van der Waals surface area (Å²) in [5.74, 6) is 2.40. The number of aromatic nitrogens is 3. The second-order valence-electron chi connectivity index (χ2n) is 4.89. The summed E-state index contributed by atoms with van der Waals surface area (Å²) in [5, 5.41) is 4.30. The molecule has 6 nitrogen and oxygen atoms in total. The van der Waals surface area contributed by atoms with Crippen molar-refractivity contribution in [2.75, 3.05) is 11.1 Å². The first kappa shape index (κ1) is 13.8. The maximum absolute atomic E-state index is 5.80. The maximum atomic E-state index is 5.80. The Labute approximate surface area is 126 Å². The molecule has 0 aromatic carbocycles. The largest absolute Gasteiger partial charge is 0.444 e. The lowest BCUT2D eigenvalue weighted by atomic mass is 10.2. The van der Waals surface area contributed by atoms with E-state index >= 15 is 0 Å². The minimum Gasteiger partial charge on any atom is -0.444 e. The molecule has 3 aromatic heterocycles. The van der Waals surface area contributed by atoms with Crippen LogP contribution in [0, 0.1) is 6.92 Å². The monoisotopic (exact) mass is 303 g/mol.